The van der Waals surface area contributed by atoms with Crippen LogP contribution in [0.3, 0.4) is 0 Å². The molecular weight excluding hydrogens is 495 g/mol. The van der Waals surface area contributed by atoms with Crippen molar-refractivity contribution in [1.29, 1.82) is 0 Å². The summed E-state index contributed by atoms with van der Waals surface area (Å²) in [5.74, 6) is -0.628. The molecule has 1 aliphatic heterocycles. The van der Waals surface area contributed by atoms with E-state index in [0.717, 1.165) is 35.0 Å². The first-order valence-corrected chi connectivity index (χ1v) is 12.3. The number of amides is 2. The molecule has 2 aromatic heterocycles. The van der Waals surface area contributed by atoms with Gasteiger partial charge in [-0.05, 0) is 61.6 Å². The molecule has 1 saturated heterocycles. The van der Waals surface area contributed by atoms with Crippen molar-refractivity contribution in [3.05, 3.63) is 101 Å². The minimum absolute atomic E-state index is 0.0136. The molecule has 2 N–H and O–H groups in total. The Bertz CT molecular complexity index is 1430. The van der Waals surface area contributed by atoms with Gasteiger partial charge in [-0.15, -0.1) is 0 Å². The third-order valence-corrected chi connectivity index (χ3v) is 6.78. The molecule has 1 aliphatic rings. The minimum Gasteiger partial charge on any atom is -0.364 e. The Morgan fingerprint density at radius 1 is 1.03 bits per heavy atom. The Hall–Kier alpha value is -4.34. The third-order valence-electron chi connectivity index (χ3n) is 6.78. The number of hydrogen-bond donors (Lipinski definition) is 2. The second-order valence-electron chi connectivity index (χ2n) is 9.37. The topological polar surface area (TPSA) is 83.0 Å². The molecule has 0 bridgehead atoms. The van der Waals surface area contributed by atoms with Crippen LogP contribution in [-0.4, -0.2) is 44.6 Å². The number of carbonyl (C=O) groups is 2. The van der Waals surface area contributed by atoms with E-state index in [1.54, 1.807) is 36.5 Å². The van der Waals surface area contributed by atoms with Gasteiger partial charge in [0.15, 0.2) is 5.69 Å². The molecule has 0 spiro atoms. The highest BCUT2D eigenvalue weighted by atomic mass is 19.4. The average Bonchev–Trinajstić information content (AvgIpc) is 3.56. The highest BCUT2D eigenvalue weighted by Gasteiger charge is 2.40. The van der Waals surface area contributed by atoms with Gasteiger partial charge >= 0.3 is 6.18 Å². The van der Waals surface area contributed by atoms with Crippen LogP contribution in [0.5, 0.6) is 0 Å². The molecule has 5 rings (SSSR count). The van der Waals surface area contributed by atoms with Gasteiger partial charge in [0.2, 0.25) is 0 Å². The zero-order valence-electron chi connectivity index (χ0n) is 20.6. The number of carbonyl (C=O) groups excluding carboxylic acids is 2. The number of nitrogens with zero attached hydrogens (tertiary/aromatic N) is 3. The summed E-state index contributed by atoms with van der Waals surface area (Å²) in [7, 11) is 0. The van der Waals surface area contributed by atoms with Crippen molar-refractivity contribution in [3.8, 4) is 5.69 Å². The zero-order valence-corrected chi connectivity index (χ0v) is 20.6. The molecule has 7 nitrogen and oxygen atoms in total. The summed E-state index contributed by atoms with van der Waals surface area (Å²) in [6.07, 6.45) is -0.521. The number of benzene rings is 2. The predicted molar refractivity (Wildman–Crippen MR) is 136 cm³/mol. The summed E-state index contributed by atoms with van der Waals surface area (Å²) < 4.78 is 42.4. The summed E-state index contributed by atoms with van der Waals surface area (Å²) in [4.78, 5) is 30.4. The Balaban J connectivity index is 1.25. The van der Waals surface area contributed by atoms with Crippen molar-refractivity contribution >= 4 is 17.5 Å². The molecule has 38 heavy (non-hydrogen) atoms. The number of likely N-dealkylation sites (tertiary alicyclic amines) is 1. The predicted octanol–water partition coefficient (Wildman–Crippen LogP) is 5.80. The molecule has 0 unspecified atom stereocenters. The first-order chi connectivity index (χ1) is 18.2. The van der Waals surface area contributed by atoms with E-state index < -0.39 is 23.3 Å². The van der Waals surface area contributed by atoms with Gasteiger partial charge in [0.25, 0.3) is 11.8 Å². The Labute approximate surface area is 217 Å². The van der Waals surface area contributed by atoms with Crippen LogP contribution in [0.2, 0.25) is 0 Å². The molecular formula is C28H26F3N5O2. The lowest BCUT2D eigenvalue weighted by Crippen LogP contribution is -2.37. The molecule has 10 heteroatoms. The Morgan fingerprint density at radius 3 is 2.32 bits per heavy atom. The lowest BCUT2D eigenvalue weighted by molar-refractivity contribution is -0.143. The van der Waals surface area contributed by atoms with E-state index in [4.69, 9.17) is 0 Å². The molecule has 0 radical (unpaired) electrons. The van der Waals surface area contributed by atoms with E-state index in [-0.39, 0.29) is 17.5 Å². The minimum atomic E-state index is -4.78. The fraction of sp³-hybridized carbons (Fsp3) is 0.250. The van der Waals surface area contributed by atoms with Crippen molar-refractivity contribution in [1.82, 2.24) is 19.7 Å². The van der Waals surface area contributed by atoms with E-state index in [2.05, 4.69) is 15.4 Å². The van der Waals surface area contributed by atoms with Crippen LogP contribution in [0, 0.1) is 6.92 Å². The van der Waals surface area contributed by atoms with Crippen molar-refractivity contribution < 1.29 is 22.8 Å². The molecule has 0 saturated carbocycles. The molecule has 0 aliphatic carbocycles. The second kappa shape index (κ2) is 10.2. The van der Waals surface area contributed by atoms with Gasteiger partial charge in [0, 0.05) is 30.7 Å². The van der Waals surface area contributed by atoms with Crippen molar-refractivity contribution in [2.75, 3.05) is 18.4 Å². The van der Waals surface area contributed by atoms with Gasteiger partial charge in [0.1, 0.15) is 0 Å². The van der Waals surface area contributed by atoms with Crippen molar-refractivity contribution in [2.45, 2.75) is 31.9 Å². The van der Waals surface area contributed by atoms with Gasteiger partial charge in [-0.3, -0.25) is 9.59 Å². The lowest BCUT2D eigenvalue weighted by atomic mass is 9.89. The number of anilines is 1. The van der Waals surface area contributed by atoms with Gasteiger partial charge in [0.05, 0.1) is 23.0 Å². The highest BCUT2D eigenvalue weighted by Crippen LogP contribution is 2.34. The summed E-state index contributed by atoms with van der Waals surface area (Å²) in [6, 6.07) is 16.8. The Morgan fingerprint density at radius 2 is 1.71 bits per heavy atom. The number of hydrogen-bond acceptors (Lipinski definition) is 3. The van der Waals surface area contributed by atoms with Crippen LogP contribution in [0.4, 0.5) is 18.9 Å². The maximum Gasteiger partial charge on any atom is 0.434 e. The quantitative estimate of drug-likeness (QED) is 0.348. The summed E-state index contributed by atoms with van der Waals surface area (Å²) in [5, 5.41) is 6.40. The number of aromatic amines is 1. The fourth-order valence-electron chi connectivity index (χ4n) is 4.82. The normalized spacial score (nSPS) is 14.5. The molecule has 196 valence electrons. The van der Waals surface area contributed by atoms with E-state index >= 15 is 0 Å². The number of alkyl halides is 3. The standard InChI is InChI=1S/C28H26F3N5O2/c1-18-15-21(16-32-18)27(38)35-13-11-20(12-14-35)19-7-9-22(10-8-19)34-26(37)24-17-33-36(25(24)28(29,30)31)23-5-3-2-4-6-23/h2-10,15-17,20,32H,11-14H2,1H3,(H,34,37). The molecule has 0 atom stereocenters. The maximum atomic E-state index is 13.9. The van der Waals surface area contributed by atoms with Gasteiger partial charge < -0.3 is 15.2 Å². The maximum absolute atomic E-state index is 13.9. The SMILES string of the molecule is Cc1cc(C(=O)N2CCC(c3ccc(NC(=O)c4cnn(-c5ccccc5)c4C(F)(F)F)cc3)CC2)c[nH]1. The lowest BCUT2D eigenvalue weighted by Gasteiger charge is -2.32. The van der Waals surface area contributed by atoms with Crippen LogP contribution in [0.25, 0.3) is 5.69 Å². The van der Waals surface area contributed by atoms with Crippen molar-refractivity contribution in [2.24, 2.45) is 0 Å². The van der Waals surface area contributed by atoms with Crippen LogP contribution >= 0.6 is 0 Å². The number of piperidine rings is 1. The number of rotatable bonds is 5. The number of nitrogens with one attached hydrogen (secondary N) is 2. The first-order valence-electron chi connectivity index (χ1n) is 12.3. The number of aromatic nitrogens is 3. The summed E-state index contributed by atoms with van der Waals surface area (Å²) in [5.41, 5.74) is 1.56. The highest BCUT2D eigenvalue weighted by molar-refractivity contribution is 6.05. The fourth-order valence-corrected chi connectivity index (χ4v) is 4.82. The molecule has 3 heterocycles. The van der Waals surface area contributed by atoms with Crippen molar-refractivity contribution in [3.63, 3.8) is 0 Å². The van der Waals surface area contributed by atoms with Crippen LogP contribution < -0.4 is 5.32 Å². The number of para-hydroxylation sites is 1. The number of H-pyrrole nitrogens is 1. The van der Waals surface area contributed by atoms with Gasteiger partial charge in [-0.2, -0.15) is 18.3 Å². The smallest absolute Gasteiger partial charge is 0.364 e. The van der Waals surface area contributed by atoms with Crippen LogP contribution in [-0.2, 0) is 6.18 Å². The molecule has 4 aromatic rings. The van der Waals surface area contributed by atoms with Crippen LogP contribution in [0.15, 0.2) is 73.1 Å². The Kier molecular flexibility index (Phi) is 6.79. The summed E-state index contributed by atoms with van der Waals surface area (Å²) in [6.45, 7) is 3.18. The summed E-state index contributed by atoms with van der Waals surface area (Å²) >= 11 is 0. The van der Waals surface area contributed by atoms with E-state index in [1.807, 2.05) is 30.0 Å². The number of aryl methyl sites for hydroxylation is 1. The first kappa shape index (κ1) is 25.3. The van der Waals surface area contributed by atoms with Crippen LogP contribution in [0.1, 0.15) is 56.4 Å². The molecule has 2 aromatic carbocycles. The number of halogens is 3. The molecule has 1 fully saturated rings. The second-order valence-corrected chi connectivity index (χ2v) is 9.37. The zero-order chi connectivity index (χ0) is 26.9. The third kappa shape index (κ3) is 5.20. The van der Waals surface area contributed by atoms with Gasteiger partial charge in [-0.1, -0.05) is 30.3 Å². The molecule has 2 amide bonds. The monoisotopic (exact) mass is 521 g/mol. The average molecular weight is 522 g/mol. The van der Waals surface area contributed by atoms with E-state index in [1.165, 1.54) is 12.1 Å². The van der Waals surface area contributed by atoms with E-state index in [0.29, 0.717) is 24.3 Å². The van der Waals surface area contributed by atoms with E-state index in [9.17, 15) is 22.8 Å². The largest absolute Gasteiger partial charge is 0.434 e. The van der Waals surface area contributed by atoms with Gasteiger partial charge in [-0.25, -0.2) is 4.68 Å².